The first kappa shape index (κ1) is 15.9. The SMILES string of the molecule is Oc1cccc(CNC[C@@H](c2cccs2)c2c[nH]c3ccccc23)c1. The van der Waals surface area contributed by atoms with E-state index in [1.165, 1.54) is 21.3 Å². The second-order valence-electron chi connectivity index (χ2n) is 6.16. The maximum absolute atomic E-state index is 9.61. The van der Waals surface area contributed by atoms with E-state index in [2.05, 4.69) is 58.3 Å². The number of hydrogen-bond donors (Lipinski definition) is 3. The number of hydrogen-bond acceptors (Lipinski definition) is 3. The average molecular weight is 348 g/mol. The lowest BCUT2D eigenvalue weighted by Crippen LogP contribution is -2.21. The highest BCUT2D eigenvalue weighted by Gasteiger charge is 2.18. The molecule has 4 aromatic rings. The number of H-pyrrole nitrogens is 1. The first-order valence-corrected chi connectivity index (χ1v) is 9.27. The van der Waals surface area contributed by atoms with Crippen LogP contribution in [-0.4, -0.2) is 16.6 Å². The van der Waals surface area contributed by atoms with E-state index < -0.39 is 0 Å². The zero-order valence-electron chi connectivity index (χ0n) is 13.8. The van der Waals surface area contributed by atoms with Crippen LogP contribution in [0.1, 0.15) is 21.9 Å². The topological polar surface area (TPSA) is 48.0 Å². The lowest BCUT2D eigenvalue weighted by atomic mass is 9.96. The van der Waals surface area contributed by atoms with Gasteiger partial charge in [-0.05, 0) is 40.8 Å². The summed E-state index contributed by atoms with van der Waals surface area (Å²) >= 11 is 1.79. The van der Waals surface area contributed by atoms with Gasteiger partial charge in [-0.15, -0.1) is 11.3 Å². The van der Waals surface area contributed by atoms with Crippen LogP contribution in [0.4, 0.5) is 0 Å². The Labute approximate surface area is 151 Å². The molecule has 0 radical (unpaired) electrons. The molecule has 1 atom stereocenters. The molecule has 0 aliphatic heterocycles. The number of aromatic amines is 1. The summed E-state index contributed by atoms with van der Waals surface area (Å²) in [5.41, 5.74) is 3.58. The Hall–Kier alpha value is -2.56. The summed E-state index contributed by atoms with van der Waals surface area (Å²) in [5.74, 6) is 0.610. The summed E-state index contributed by atoms with van der Waals surface area (Å²) in [6.45, 7) is 1.58. The van der Waals surface area contributed by atoms with Crippen LogP contribution < -0.4 is 5.32 Å². The minimum atomic E-state index is 0.299. The number of phenolic OH excluding ortho intramolecular Hbond substituents is 1. The van der Waals surface area contributed by atoms with Gasteiger partial charge in [-0.2, -0.15) is 0 Å². The number of rotatable bonds is 6. The van der Waals surface area contributed by atoms with Crippen LogP contribution in [-0.2, 0) is 6.54 Å². The lowest BCUT2D eigenvalue weighted by molar-refractivity contribution is 0.474. The molecule has 0 aliphatic rings. The molecule has 2 heterocycles. The summed E-state index contributed by atoms with van der Waals surface area (Å²) in [5, 5.41) is 16.6. The molecule has 0 saturated carbocycles. The van der Waals surface area contributed by atoms with E-state index in [4.69, 9.17) is 0 Å². The second-order valence-corrected chi connectivity index (χ2v) is 7.14. The summed E-state index contributed by atoms with van der Waals surface area (Å²) in [6.07, 6.45) is 2.13. The van der Waals surface area contributed by atoms with Crippen LogP contribution in [0, 0.1) is 0 Å². The predicted molar refractivity (Wildman–Crippen MR) is 104 cm³/mol. The molecule has 0 amide bonds. The molecule has 0 saturated heterocycles. The summed E-state index contributed by atoms with van der Waals surface area (Å²) in [6, 6.07) is 20.2. The van der Waals surface area contributed by atoms with Gasteiger partial charge >= 0.3 is 0 Å². The molecular formula is C21H20N2OS. The fourth-order valence-corrected chi connectivity index (χ4v) is 4.11. The van der Waals surface area contributed by atoms with E-state index in [0.717, 1.165) is 18.7 Å². The number of nitrogens with one attached hydrogen (secondary N) is 2. The van der Waals surface area contributed by atoms with Gasteiger partial charge in [0.05, 0.1) is 0 Å². The molecule has 2 aromatic carbocycles. The number of fused-ring (bicyclic) bond motifs is 1. The van der Waals surface area contributed by atoms with Crippen LogP contribution in [0.15, 0.2) is 72.2 Å². The molecule has 126 valence electrons. The summed E-state index contributed by atoms with van der Waals surface area (Å²) in [4.78, 5) is 4.74. The first-order chi connectivity index (χ1) is 12.3. The highest BCUT2D eigenvalue weighted by molar-refractivity contribution is 7.10. The Balaban J connectivity index is 1.57. The molecule has 4 rings (SSSR count). The number of para-hydroxylation sites is 1. The number of phenols is 1. The Morgan fingerprint density at radius 2 is 1.96 bits per heavy atom. The van der Waals surface area contributed by atoms with Gasteiger partial charge < -0.3 is 15.4 Å². The minimum absolute atomic E-state index is 0.299. The van der Waals surface area contributed by atoms with Crippen LogP contribution in [0.25, 0.3) is 10.9 Å². The van der Waals surface area contributed by atoms with Gasteiger partial charge in [0.1, 0.15) is 5.75 Å². The van der Waals surface area contributed by atoms with Gasteiger partial charge in [-0.3, -0.25) is 0 Å². The Kier molecular flexibility index (Phi) is 4.55. The molecular weight excluding hydrogens is 328 g/mol. The number of thiophene rings is 1. The van der Waals surface area contributed by atoms with E-state index in [9.17, 15) is 5.11 Å². The molecule has 4 heteroatoms. The Bertz CT molecular complexity index is 959. The van der Waals surface area contributed by atoms with Gasteiger partial charge in [0.25, 0.3) is 0 Å². The van der Waals surface area contributed by atoms with Crippen molar-refractivity contribution in [2.75, 3.05) is 6.54 Å². The van der Waals surface area contributed by atoms with Crippen molar-refractivity contribution < 1.29 is 5.11 Å². The smallest absolute Gasteiger partial charge is 0.115 e. The van der Waals surface area contributed by atoms with Crippen LogP contribution in [0.3, 0.4) is 0 Å². The van der Waals surface area contributed by atoms with Gasteiger partial charge in [-0.1, -0.05) is 36.4 Å². The Morgan fingerprint density at radius 3 is 2.80 bits per heavy atom. The first-order valence-electron chi connectivity index (χ1n) is 8.39. The van der Waals surface area contributed by atoms with E-state index in [-0.39, 0.29) is 0 Å². The normalized spacial score (nSPS) is 12.5. The van der Waals surface area contributed by atoms with Crippen molar-refractivity contribution in [3.8, 4) is 5.75 Å². The highest BCUT2D eigenvalue weighted by Crippen LogP contribution is 2.32. The zero-order valence-corrected chi connectivity index (χ0v) is 14.6. The van der Waals surface area contributed by atoms with Gasteiger partial charge in [-0.25, -0.2) is 0 Å². The van der Waals surface area contributed by atoms with Crippen molar-refractivity contribution in [3.63, 3.8) is 0 Å². The molecule has 0 bridgehead atoms. The van der Waals surface area contributed by atoms with Gasteiger partial charge in [0, 0.05) is 41.0 Å². The molecule has 25 heavy (non-hydrogen) atoms. The molecule has 0 spiro atoms. The van der Waals surface area contributed by atoms with E-state index in [1.54, 1.807) is 23.5 Å². The third-order valence-corrected chi connectivity index (χ3v) is 5.46. The van der Waals surface area contributed by atoms with E-state index in [0.29, 0.717) is 11.7 Å². The highest BCUT2D eigenvalue weighted by atomic mass is 32.1. The van der Waals surface area contributed by atoms with Crippen molar-refractivity contribution in [1.29, 1.82) is 0 Å². The zero-order chi connectivity index (χ0) is 17.1. The standard InChI is InChI=1S/C21H20N2OS/c24-16-6-3-5-15(11-16)12-22-13-19(21-9-4-10-25-21)18-14-23-20-8-2-1-7-17(18)20/h1-11,14,19,22-24H,12-13H2/t19-/m1/s1. The van der Waals surface area contributed by atoms with E-state index >= 15 is 0 Å². The molecule has 2 aromatic heterocycles. The van der Waals surface area contributed by atoms with Gasteiger partial charge in [0.2, 0.25) is 0 Å². The van der Waals surface area contributed by atoms with Gasteiger partial charge in [0.15, 0.2) is 0 Å². The third-order valence-electron chi connectivity index (χ3n) is 4.47. The molecule has 3 nitrogen and oxygen atoms in total. The lowest BCUT2D eigenvalue weighted by Gasteiger charge is -2.16. The largest absolute Gasteiger partial charge is 0.508 e. The minimum Gasteiger partial charge on any atom is -0.508 e. The maximum Gasteiger partial charge on any atom is 0.115 e. The van der Waals surface area contributed by atoms with Crippen molar-refractivity contribution in [2.45, 2.75) is 12.5 Å². The average Bonchev–Trinajstić information content (AvgIpc) is 3.29. The maximum atomic E-state index is 9.61. The number of aromatic hydroxyl groups is 1. The van der Waals surface area contributed by atoms with Crippen LogP contribution >= 0.6 is 11.3 Å². The van der Waals surface area contributed by atoms with E-state index in [1.807, 2.05) is 12.1 Å². The van der Waals surface area contributed by atoms with Crippen molar-refractivity contribution in [3.05, 3.63) is 88.2 Å². The molecule has 0 fully saturated rings. The van der Waals surface area contributed by atoms with Crippen molar-refractivity contribution in [2.24, 2.45) is 0 Å². The number of benzene rings is 2. The van der Waals surface area contributed by atoms with Crippen LogP contribution in [0.5, 0.6) is 5.75 Å². The molecule has 0 aliphatic carbocycles. The predicted octanol–water partition coefficient (Wildman–Crippen LogP) is 4.86. The monoisotopic (exact) mass is 348 g/mol. The summed E-state index contributed by atoms with van der Waals surface area (Å²) < 4.78 is 0. The third kappa shape index (κ3) is 3.45. The van der Waals surface area contributed by atoms with Crippen molar-refractivity contribution >= 4 is 22.2 Å². The fourth-order valence-electron chi connectivity index (χ4n) is 3.26. The molecule has 3 N–H and O–H groups in total. The number of aromatic nitrogens is 1. The fraction of sp³-hybridized carbons (Fsp3) is 0.143. The second kappa shape index (κ2) is 7.13. The quantitative estimate of drug-likeness (QED) is 0.466. The van der Waals surface area contributed by atoms with Crippen LogP contribution in [0.2, 0.25) is 0 Å². The summed E-state index contributed by atoms with van der Waals surface area (Å²) in [7, 11) is 0. The van der Waals surface area contributed by atoms with Crippen molar-refractivity contribution in [1.82, 2.24) is 10.3 Å². The molecule has 0 unspecified atom stereocenters. The Morgan fingerprint density at radius 1 is 1.04 bits per heavy atom.